The SMILES string of the molecule is CC.CCC1=CC2C(=Nc3cc(C)ccc3N2C)C=C1. The van der Waals surface area contributed by atoms with E-state index in [0.29, 0.717) is 6.04 Å². The Hall–Kier alpha value is -1.83. The van der Waals surface area contributed by atoms with E-state index in [9.17, 15) is 0 Å². The predicted molar refractivity (Wildman–Crippen MR) is 89.3 cm³/mol. The van der Waals surface area contributed by atoms with Crippen molar-refractivity contribution in [1.82, 2.24) is 0 Å². The van der Waals surface area contributed by atoms with Gasteiger partial charge in [0.05, 0.1) is 23.1 Å². The number of nitrogens with zero attached hydrogens (tertiary/aromatic N) is 2. The Labute approximate surface area is 122 Å². The van der Waals surface area contributed by atoms with Crippen molar-refractivity contribution in [3.05, 3.63) is 47.6 Å². The molecule has 0 saturated heterocycles. The summed E-state index contributed by atoms with van der Waals surface area (Å²) < 4.78 is 0. The summed E-state index contributed by atoms with van der Waals surface area (Å²) in [7, 11) is 2.15. The summed E-state index contributed by atoms with van der Waals surface area (Å²) in [5.74, 6) is 0. The number of fused-ring (bicyclic) bond motifs is 2. The smallest absolute Gasteiger partial charge is 0.0900 e. The van der Waals surface area contributed by atoms with Crippen molar-refractivity contribution in [1.29, 1.82) is 0 Å². The van der Waals surface area contributed by atoms with Crippen LogP contribution in [0.15, 0.2) is 47.0 Å². The molecule has 20 heavy (non-hydrogen) atoms. The van der Waals surface area contributed by atoms with E-state index in [0.717, 1.165) is 17.8 Å². The lowest BCUT2D eigenvalue weighted by Gasteiger charge is -2.34. The molecule has 1 aromatic carbocycles. The van der Waals surface area contributed by atoms with E-state index in [-0.39, 0.29) is 0 Å². The molecule has 2 nitrogen and oxygen atoms in total. The van der Waals surface area contributed by atoms with Gasteiger partial charge in [-0.2, -0.15) is 0 Å². The number of rotatable bonds is 1. The van der Waals surface area contributed by atoms with Crippen LogP contribution in [0.2, 0.25) is 0 Å². The maximum Gasteiger partial charge on any atom is 0.0900 e. The maximum absolute atomic E-state index is 4.79. The molecule has 1 unspecified atom stereocenters. The van der Waals surface area contributed by atoms with Gasteiger partial charge in [-0.25, -0.2) is 4.99 Å². The molecule has 0 fully saturated rings. The number of aliphatic imine (C=N–C) groups is 1. The summed E-state index contributed by atoms with van der Waals surface area (Å²) >= 11 is 0. The Balaban J connectivity index is 0.000000704. The van der Waals surface area contributed by atoms with Gasteiger partial charge >= 0.3 is 0 Å². The van der Waals surface area contributed by atoms with Crippen molar-refractivity contribution in [3.63, 3.8) is 0 Å². The molecule has 0 aromatic heterocycles. The quantitative estimate of drug-likeness (QED) is 0.713. The lowest BCUT2D eigenvalue weighted by atomic mass is 9.95. The van der Waals surface area contributed by atoms with Crippen LogP contribution in [0.25, 0.3) is 0 Å². The third-order valence-corrected chi connectivity index (χ3v) is 3.73. The monoisotopic (exact) mass is 268 g/mol. The first-order chi connectivity index (χ1) is 9.69. The van der Waals surface area contributed by atoms with Crippen molar-refractivity contribution in [2.24, 2.45) is 4.99 Å². The number of likely N-dealkylation sites (N-methyl/N-ethyl adjacent to an activating group) is 1. The van der Waals surface area contributed by atoms with Crippen molar-refractivity contribution in [2.45, 2.75) is 40.2 Å². The third kappa shape index (κ3) is 2.55. The Kier molecular flexibility index (Phi) is 4.43. The predicted octanol–water partition coefficient (Wildman–Crippen LogP) is 4.82. The first kappa shape index (κ1) is 14.6. The zero-order valence-corrected chi connectivity index (χ0v) is 13.1. The maximum atomic E-state index is 4.79. The van der Waals surface area contributed by atoms with E-state index in [2.05, 4.69) is 62.2 Å². The van der Waals surface area contributed by atoms with Crippen LogP contribution < -0.4 is 4.90 Å². The topological polar surface area (TPSA) is 15.6 Å². The van der Waals surface area contributed by atoms with Gasteiger partial charge in [0, 0.05) is 7.05 Å². The van der Waals surface area contributed by atoms with Crippen LogP contribution in [0.4, 0.5) is 11.4 Å². The zero-order chi connectivity index (χ0) is 14.7. The van der Waals surface area contributed by atoms with Gasteiger partial charge in [0.25, 0.3) is 0 Å². The molecule has 2 heteroatoms. The number of allylic oxidation sites excluding steroid dienone is 2. The van der Waals surface area contributed by atoms with Gasteiger partial charge < -0.3 is 4.90 Å². The van der Waals surface area contributed by atoms with Gasteiger partial charge in [-0.3, -0.25) is 0 Å². The molecule has 0 N–H and O–H groups in total. The molecule has 0 saturated carbocycles. The standard InChI is InChI=1S/C16H18N2.C2H6/c1-4-12-6-7-13-16(10-12)18(3)15-8-5-11(2)9-14(15)17-13;1-2/h5-10,16H,4H2,1-3H3;1-2H3. The molecular weight excluding hydrogens is 244 g/mol. The minimum absolute atomic E-state index is 0.292. The first-order valence-corrected chi connectivity index (χ1v) is 7.50. The normalized spacial score (nSPS) is 19.2. The van der Waals surface area contributed by atoms with Crippen LogP contribution in [0, 0.1) is 6.92 Å². The van der Waals surface area contributed by atoms with E-state index in [1.165, 1.54) is 16.8 Å². The summed E-state index contributed by atoms with van der Waals surface area (Å²) in [5.41, 5.74) is 6.10. The van der Waals surface area contributed by atoms with Crippen molar-refractivity contribution < 1.29 is 0 Å². The fourth-order valence-electron chi connectivity index (χ4n) is 2.59. The second-order valence-corrected chi connectivity index (χ2v) is 5.01. The molecular formula is C18H24N2. The highest BCUT2D eigenvalue weighted by Crippen LogP contribution is 2.36. The lowest BCUT2D eigenvalue weighted by Crippen LogP contribution is -2.39. The first-order valence-electron chi connectivity index (χ1n) is 7.50. The van der Waals surface area contributed by atoms with Gasteiger partial charge in [0.2, 0.25) is 0 Å². The molecule has 1 heterocycles. The Morgan fingerprint density at radius 2 is 1.95 bits per heavy atom. The molecule has 2 aliphatic rings. The van der Waals surface area contributed by atoms with Crippen LogP contribution in [0.3, 0.4) is 0 Å². The molecule has 0 bridgehead atoms. The average Bonchev–Trinajstić information content (AvgIpc) is 2.49. The Morgan fingerprint density at radius 3 is 2.65 bits per heavy atom. The minimum atomic E-state index is 0.292. The molecule has 0 spiro atoms. The summed E-state index contributed by atoms with van der Waals surface area (Å²) in [6.07, 6.45) is 7.74. The van der Waals surface area contributed by atoms with Crippen molar-refractivity contribution in [3.8, 4) is 0 Å². The summed E-state index contributed by atoms with van der Waals surface area (Å²) in [6, 6.07) is 6.77. The van der Waals surface area contributed by atoms with Crippen LogP contribution in [0.1, 0.15) is 32.8 Å². The molecule has 1 aliphatic carbocycles. The van der Waals surface area contributed by atoms with E-state index in [1.807, 2.05) is 13.8 Å². The number of hydrogen-bond donors (Lipinski definition) is 0. The number of hydrogen-bond acceptors (Lipinski definition) is 2. The van der Waals surface area contributed by atoms with Gasteiger partial charge in [-0.05, 0) is 42.7 Å². The van der Waals surface area contributed by atoms with Crippen LogP contribution >= 0.6 is 0 Å². The molecule has 0 radical (unpaired) electrons. The summed E-state index contributed by atoms with van der Waals surface area (Å²) in [5, 5.41) is 0. The van der Waals surface area contributed by atoms with Crippen LogP contribution in [0.5, 0.6) is 0 Å². The van der Waals surface area contributed by atoms with E-state index >= 15 is 0 Å². The Morgan fingerprint density at radius 1 is 1.20 bits per heavy atom. The Bertz CT molecular complexity index is 579. The molecule has 1 atom stereocenters. The summed E-state index contributed by atoms with van der Waals surface area (Å²) in [4.78, 5) is 7.11. The zero-order valence-electron chi connectivity index (χ0n) is 13.1. The molecule has 1 aromatic rings. The highest BCUT2D eigenvalue weighted by Gasteiger charge is 2.26. The second-order valence-electron chi connectivity index (χ2n) is 5.01. The number of aryl methyl sites for hydroxylation is 1. The van der Waals surface area contributed by atoms with E-state index in [1.54, 1.807) is 0 Å². The van der Waals surface area contributed by atoms with Gasteiger partial charge in [-0.1, -0.05) is 39.0 Å². The number of anilines is 1. The van der Waals surface area contributed by atoms with Crippen LogP contribution in [-0.2, 0) is 0 Å². The van der Waals surface area contributed by atoms with Crippen molar-refractivity contribution in [2.75, 3.05) is 11.9 Å². The lowest BCUT2D eigenvalue weighted by molar-refractivity contribution is 0.897. The van der Waals surface area contributed by atoms with E-state index < -0.39 is 0 Å². The van der Waals surface area contributed by atoms with E-state index in [4.69, 9.17) is 4.99 Å². The van der Waals surface area contributed by atoms with Crippen molar-refractivity contribution >= 4 is 17.1 Å². The molecule has 1 aliphatic heterocycles. The fourth-order valence-corrected chi connectivity index (χ4v) is 2.59. The summed E-state index contributed by atoms with van der Waals surface area (Å²) in [6.45, 7) is 8.30. The highest BCUT2D eigenvalue weighted by atomic mass is 15.2. The fraction of sp³-hybridized carbons (Fsp3) is 0.389. The van der Waals surface area contributed by atoms with Gasteiger partial charge in [0.15, 0.2) is 0 Å². The van der Waals surface area contributed by atoms with Gasteiger partial charge in [0.1, 0.15) is 0 Å². The van der Waals surface area contributed by atoms with Gasteiger partial charge in [-0.15, -0.1) is 0 Å². The highest BCUT2D eigenvalue weighted by molar-refractivity contribution is 6.08. The number of benzene rings is 1. The second kappa shape index (κ2) is 6.08. The molecule has 106 valence electrons. The average molecular weight is 268 g/mol. The third-order valence-electron chi connectivity index (χ3n) is 3.73. The molecule has 3 rings (SSSR count). The molecule has 0 amide bonds. The largest absolute Gasteiger partial charge is 0.361 e. The minimum Gasteiger partial charge on any atom is -0.361 e. The van der Waals surface area contributed by atoms with Crippen LogP contribution in [-0.4, -0.2) is 18.8 Å².